The van der Waals surface area contributed by atoms with Gasteiger partial charge in [-0.2, -0.15) is 5.26 Å². The number of carbonyl (C=O) groups excluding carboxylic acids is 2. The number of rotatable bonds is 1. The van der Waals surface area contributed by atoms with Crippen molar-refractivity contribution in [2.45, 2.75) is 39.0 Å². The highest BCUT2D eigenvalue weighted by Gasteiger charge is 2.61. The molecule has 0 fully saturated rings. The molecule has 2 aliphatic heterocycles. The Hall–Kier alpha value is -3.63. The molecule has 0 aromatic heterocycles. The van der Waals surface area contributed by atoms with Gasteiger partial charge in [-0.1, -0.05) is 31.5 Å². The van der Waals surface area contributed by atoms with E-state index in [-0.39, 0.29) is 29.2 Å². The summed E-state index contributed by atoms with van der Waals surface area (Å²) in [6.07, 6.45) is 0.639. The van der Waals surface area contributed by atoms with Gasteiger partial charge in [0.1, 0.15) is 23.1 Å². The summed E-state index contributed by atoms with van der Waals surface area (Å²) >= 11 is 6.31. The molecule has 0 radical (unpaired) electrons. The first-order valence-electron chi connectivity index (χ1n) is 10.9. The van der Waals surface area contributed by atoms with Crippen molar-refractivity contribution in [3.63, 3.8) is 0 Å². The molecule has 2 heterocycles. The first kappa shape index (κ1) is 22.2. The van der Waals surface area contributed by atoms with Crippen molar-refractivity contribution in [3.05, 3.63) is 81.0 Å². The van der Waals surface area contributed by atoms with Crippen molar-refractivity contribution in [2.75, 3.05) is 10.2 Å². The summed E-state index contributed by atoms with van der Waals surface area (Å²) in [5.41, 5.74) is 7.39. The molecule has 1 spiro atoms. The number of fused-ring (bicyclic) bond motifs is 3. The van der Waals surface area contributed by atoms with Crippen LogP contribution in [0.1, 0.15) is 37.8 Å². The van der Waals surface area contributed by atoms with Crippen LogP contribution in [-0.4, -0.2) is 11.7 Å². The van der Waals surface area contributed by atoms with Crippen LogP contribution in [0.15, 0.2) is 59.1 Å². The molecular formula is C26H22ClFN4O2. The Labute approximate surface area is 201 Å². The van der Waals surface area contributed by atoms with E-state index < -0.39 is 22.6 Å². The van der Waals surface area contributed by atoms with E-state index in [1.54, 1.807) is 36.1 Å². The number of hydrogen-bond donors (Lipinski definition) is 2. The number of nitriles is 1. The van der Waals surface area contributed by atoms with Gasteiger partial charge in [-0.15, -0.1) is 0 Å². The van der Waals surface area contributed by atoms with Crippen molar-refractivity contribution in [1.29, 1.82) is 5.26 Å². The molecular weight excluding hydrogens is 455 g/mol. The summed E-state index contributed by atoms with van der Waals surface area (Å²) in [5.74, 6) is -1.12. The number of anilines is 2. The molecule has 1 amide bonds. The molecule has 0 unspecified atom stereocenters. The Bertz CT molecular complexity index is 1400. The lowest BCUT2D eigenvalue weighted by Gasteiger charge is -2.46. The van der Waals surface area contributed by atoms with Crippen molar-refractivity contribution >= 4 is 34.7 Å². The van der Waals surface area contributed by atoms with Crippen molar-refractivity contribution in [2.24, 2.45) is 11.1 Å². The van der Waals surface area contributed by atoms with Gasteiger partial charge >= 0.3 is 0 Å². The Kier molecular flexibility index (Phi) is 4.68. The first-order chi connectivity index (χ1) is 16.0. The predicted molar refractivity (Wildman–Crippen MR) is 127 cm³/mol. The molecule has 8 heteroatoms. The average molecular weight is 477 g/mol. The lowest BCUT2D eigenvalue weighted by atomic mass is 9.60. The average Bonchev–Trinajstić information content (AvgIpc) is 3.04. The zero-order valence-corrected chi connectivity index (χ0v) is 19.7. The first-order valence-corrected chi connectivity index (χ1v) is 11.2. The van der Waals surface area contributed by atoms with E-state index in [4.69, 9.17) is 17.3 Å². The third kappa shape index (κ3) is 2.78. The molecule has 2 aromatic carbocycles. The Morgan fingerprint density at radius 2 is 1.82 bits per heavy atom. The minimum absolute atomic E-state index is 0.0361. The highest BCUT2D eigenvalue weighted by molar-refractivity contribution is 6.32. The van der Waals surface area contributed by atoms with Crippen LogP contribution in [0.4, 0.5) is 15.8 Å². The van der Waals surface area contributed by atoms with Crippen LogP contribution in [-0.2, 0) is 15.0 Å². The fourth-order valence-corrected chi connectivity index (χ4v) is 5.65. The molecule has 0 saturated heterocycles. The van der Waals surface area contributed by atoms with Gasteiger partial charge in [0.2, 0.25) is 5.91 Å². The van der Waals surface area contributed by atoms with Crippen molar-refractivity contribution in [1.82, 2.24) is 0 Å². The summed E-state index contributed by atoms with van der Waals surface area (Å²) in [4.78, 5) is 29.2. The zero-order valence-electron chi connectivity index (χ0n) is 18.9. The highest BCUT2D eigenvalue weighted by Crippen LogP contribution is 2.57. The van der Waals surface area contributed by atoms with Crippen LogP contribution in [0.25, 0.3) is 0 Å². The number of allylic oxidation sites excluding steroid dienone is 1. The van der Waals surface area contributed by atoms with Crippen LogP contribution >= 0.6 is 11.6 Å². The van der Waals surface area contributed by atoms with Crippen LogP contribution < -0.4 is 16.0 Å². The number of ketones is 1. The molecule has 34 heavy (non-hydrogen) atoms. The Morgan fingerprint density at radius 3 is 2.47 bits per heavy atom. The van der Waals surface area contributed by atoms with E-state index in [2.05, 4.69) is 11.4 Å². The lowest BCUT2D eigenvalue weighted by Crippen LogP contribution is -2.52. The number of nitrogens with one attached hydrogen (secondary N) is 1. The fraction of sp³-hybridized carbons (Fsp3) is 0.269. The smallest absolute Gasteiger partial charge is 0.245 e. The molecule has 0 bridgehead atoms. The van der Waals surface area contributed by atoms with Gasteiger partial charge in [-0.3, -0.25) is 14.5 Å². The monoisotopic (exact) mass is 476 g/mol. The van der Waals surface area contributed by atoms with E-state index in [1.807, 2.05) is 13.8 Å². The number of amides is 1. The molecule has 1 atom stereocenters. The molecule has 172 valence electrons. The van der Waals surface area contributed by atoms with Crippen molar-refractivity contribution in [3.8, 4) is 6.07 Å². The summed E-state index contributed by atoms with van der Waals surface area (Å²) in [7, 11) is 0. The number of nitrogens with zero attached hydrogens (tertiary/aromatic N) is 2. The third-order valence-corrected chi connectivity index (χ3v) is 7.36. The number of hydrogen-bond acceptors (Lipinski definition) is 5. The molecule has 2 aromatic rings. The van der Waals surface area contributed by atoms with Gasteiger partial charge in [0.15, 0.2) is 5.78 Å². The number of benzene rings is 2. The van der Waals surface area contributed by atoms with E-state index >= 15 is 0 Å². The van der Waals surface area contributed by atoms with E-state index in [0.717, 1.165) is 0 Å². The number of carbonyl (C=O) groups is 2. The SMILES string of the molecule is Cc1c(Cl)ccc2c1NC(=O)[C@@]21C(C#N)=C(N)N(c2ccc(F)cc2)C2=C1C(=O)CC(C)(C)C2. The van der Waals surface area contributed by atoms with Crippen molar-refractivity contribution < 1.29 is 14.0 Å². The number of nitrogens with two attached hydrogens (primary N) is 1. The molecule has 5 rings (SSSR count). The zero-order chi connectivity index (χ0) is 24.6. The minimum atomic E-state index is -1.68. The quantitative estimate of drug-likeness (QED) is 0.613. The summed E-state index contributed by atoms with van der Waals surface area (Å²) in [5, 5.41) is 13.7. The normalized spacial score (nSPS) is 23.1. The highest BCUT2D eigenvalue weighted by atomic mass is 35.5. The third-order valence-electron chi connectivity index (χ3n) is 6.95. The maximum atomic E-state index is 13.8. The maximum Gasteiger partial charge on any atom is 0.245 e. The summed E-state index contributed by atoms with van der Waals surface area (Å²) < 4.78 is 13.7. The second-order valence-corrected chi connectivity index (χ2v) is 10.2. The minimum Gasteiger partial charge on any atom is -0.384 e. The molecule has 3 aliphatic rings. The largest absolute Gasteiger partial charge is 0.384 e. The Balaban J connectivity index is 1.91. The van der Waals surface area contributed by atoms with Crippen LogP contribution in [0.3, 0.4) is 0 Å². The van der Waals surface area contributed by atoms with Gasteiger partial charge in [-0.05, 0) is 54.7 Å². The van der Waals surface area contributed by atoms with E-state index in [9.17, 15) is 19.2 Å². The van der Waals surface area contributed by atoms with E-state index in [1.165, 1.54) is 12.1 Å². The van der Waals surface area contributed by atoms with Gasteiger partial charge in [0, 0.05) is 34.0 Å². The predicted octanol–water partition coefficient (Wildman–Crippen LogP) is 4.83. The van der Waals surface area contributed by atoms with Gasteiger partial charge < -0.3 is 11.1 Å². The van der Waals surface area contributed by atoms with Crippen LogP contribution in [0.2, 0.25) is 5.02 Å². The second-order valence-electron chi connectivity index (χ2n) is 9.75. The summed E-state index contributed by atoms with van der Waals surface area (Å²) in [6, 6.07) is 11.1. The molecule has 0 saturated carbocycles. The van der Waals surface area contributed by atoms with Gasteiger partial charge in [0.05, 0.1) is 11.3 Å². The van der Waals surface area contributed by atoms with Gasteiger partial charge in [0.25, 0.3) is 0 Å². The lowest BCUT2D eigenvalue weighted by molar-refractivity contribution is -0.123. The summed E-state index contributed by atoms with van der Waals surface area (Å²) in [6.45, 7) is 5.71. The number of halogens is 2. The second kappa shape index (κ2) is 7.18. The topological polar surface area (TPSA) is 99.2 Å². The maximum absolute atomic E-state index is 13.8. The molecule has 6 nitrogen and oxygen atoms in total. The standard InChI is InChI=1S/C26H22ClFN4O2/c1-13-18(27)9-8-16-22(13)31-24(34)26(16)17(12-29)23(30)32(15-6-4-14(28)5-7-15)19-10-25(2,3)11-20(33)21(19)26/h4-9H,10-11,30H2,1-3H3,(H,31,34)/t26-/m1/s1. The molecule has 3 N–H and O–H groups in total. The van der Waals surface area contributed by atoms with Crippen LogP contribution in [0.5, 0.6) is 0 Å². The van der Waals surface area contributed by atoms with Crippen LogP contribution in [0, 0.1) is 29.5 Å². The number of Topliss-reactive ketones (excluding diaryl/α,β-unsaturated/α-hetero) is 1. The van der Waals surface area contributed by atoms with Gasteiger partial charge in [-0.25, -0.2) is 4.39 Å². The fourth-order valence-electron chi connectivity index (χ4n) is 5.49. The Morgan fingerprint density at radius 1 is 1.15 bits per heavy atom. The molecule has 1 aliphatic carbocycles. The van der Waals surface area contributed by atoms with E-state index in [0.29, 0.717) is 39.6 Å².